The predicted octanol–water partition coefficient (Wildman–Crippen LogP) is 2.97. The minimum Gasteiger partial charge on any atom is -0.497 e. The number of nitrogens with one attached hydrogen (secondary N) is 1. The maximum Gasteiger partial charge on any atom is 0.328 e. The Hall–Kier alpha value is -3.35. The van der Waals surface area contributed by atoms with Crippen molar-refractivity contribution in [3.8, 4) is 11.5 Å². The summed E-state index contributed by atoms with van der Waals surface area (Å²) >= 11 is 0. The quantitative estimate of drug-likeness (QED) is 0.407. The first-order valence-corrected chi connectivity index (χ1v) is 8.65. The Labute approximate surface area is 162 Å². The number of rotatable bonds is 9. The van der Waals surface area contributed by atoms with E-state index in [0.29, 0.717) is 5.75 Å². The molecule has 2 aromatic carbocycles. The lowest BCUT2D eigenvalue weighted by molar-refractivity contribution is -0.147. The Morgan fingerprint density at radius 3 is 2.32 bits per heavy atom. The fourth-order valence-corrected chi connectivity index (χ4v) is 2.16. The van der Waals surface area contributed by atoms with Gasteiger partial charge in [0.1, 0.15) is 36.6 Å². The van der Waals surface area contributed by atoms with E-state index in [1.54, 1.807) is 37.5 Å². The molecule has 0 heterocycles. The molecule has 0 bridgehead atoms. The second kappa shape index (κ2) is 10.7. The number of carbonyl (C=O) groups is 2. The lowest BCUT2D eigenvalue weighted by Gasteiger charge is -2.12. The summed E-state index contributed by atoms with van der Waals surface area (Å²) in [5.74, 6) is -0.148. The highest BCUT2D eigenvalue weighted by molar-refractivity contribution is 5.94. The first kappa shape index (κ1) is 21.0. The molecule has 0 spiro atoms. The van der Waals surface area contributed by atoms with Crippen LogP contribution in [0.2, 0.25) is 0 Å². The number of carbonyl (C=O) groups excluding carboxylic acids is 2. The molecule has 148 valence electrons. The molecule has 1 amide bonds. The molecule has 1 N–H and O–H groups in total. The molecule has 0 saturated heterocycles. The zero-order valence-electron chi connectivity index (χ0n) is 15.7. The molecule has 0 aliphatic rings. The Bertz CT molecular complexity index is 803. The van der Waals surface area contributed by atoms with Gasteiger partial charge in [-0.25, -0.2) is 9.18 Å². The Morgan fingerprint density at radius 1 is 1.04 bits per heavy atom. The number of benzene rings is 2. The van der Waals surface area contributed by atoms with Crippen molar-refractivity contribution in [1.82, 2.24) is 5.32 Å². The van der Waals surface area contributed by atoms with Gasteiger partial charge in [0.05, 0.1) is 7.11 Å². The van der Waals surface area contributed by atoms with Gasteiger partial charge in [0.25, 0.3) is 0 Å². The fourth-order valence-electron chi connectivity index (χ4n) is 2.16. The van der Waals surface area contributed by atoms with Gasteiger partial charge in [-0.1, -0.05) is 12.1 Å². The number of amides is 1. The first-order valence-electron chi connectivity index (χ1n) is 8.65. The summed E-state index contributed by atoms with van der Waals surface area (Å²) in [4.78, 5) is 23.8. The molecule has 0 unspecified atom stereocenters. The van der Waals surface area contributed by atoms with Crippen molar-refractivity contribution in [2.24, 2.45) is 0 Å². The number of hydrogen-bond donors (Lipinski definition) is 1. The van der Waals surface area contributed by atoms with E-state index in [1.165, 1.54) is 37.3 Å². The van der Waals surface area contributed by atoms with E-state index in [1.807, 2.05) is 0 Å². The predicted molar refractivity (Wildman–Crippen MR) is 102 cm³/mol. The Kier molecular flexibility index (Phi) is 8.02. The highest BCUT2D eigenvalue weighted by Gasteiger charge is 2.15. The highest BCUT2D eigenvalue weighted by Crippen LogP contribution is 2.12. The molecule has 1 atom stereocenters. The van der Waals surface area contributed by atoms with Gasteiger partial charge in [0.2, 0.25) is 5.91 Å². The number of hydrogen-bond acceptors (Lipinski definition) is 5. The van der Waals surface area contributed by atoms with Crippen molar-refractivity contribution in [1.29, 1.82) is 0 Å². The van der Waals surface area contributed by atoms with E-state index in [9.17, 15) is 14.0 Å². The normalized spacial score (nSPS) is 11.7. The Morgan fingerprint density at radius 2 is 1.68 bits per heavy atom. The minimum absolute atomic E-state index is 0.0120. The fraction of sp³-hybridized carbons (Fsp3) is 0.238. The molecule has 0 aliphatic carbocycles. The second-order valence-electron chi connectivity index (χ2n) is 5.81. The van der Waals surface area contributed by atoms with Gasteiger partial charge in [-0.2, -0.15) is 0 Å². The molecular formula is C21H22FNO5. The van der Waals surface area contributed by atoms with Gasteiger partial charge >= 0.3 is 5.97 Å². The third-order valence-corrected chi connectivity index (χ3v) is 3.67. The topological polar surface area (TPSA) is 73.9 Å². The number of methoxy groups -OCH3 is 1. The minimum atomic E-state index is -0.807. The first-order chi connectivity index (χ1) is 13.5. The van der Waals surface area contributed by atoms with Crippen LogP contribution >= 0.6 is 0 Å². The third kappa shape index (κ3) is 7.11. The van der Waals surface area contributed by atoms with Crippen molar-refractivity contribution in [3.63, 3.8) is 0 Å². The van der Waals surface area contributed by atoms with Crippen LogP contribution in [-0.2, 0) is 14.3 Å². The molecule has 28 heavy (non-hydrogen) atoms. The van der Waals surface area contributed by atoms with Crippen molar-refractivity contribution >= 4 is 18.0 Å². The van der Waals surface area contributed by atoms with E-state index in [0.717, 1.165) is 11.3 Å². The van der Waals surface area contributed by atoms with Crippen LogP contribution in [0.15, 0.2) is 54.6 Å². The summed E-state index contributed by atoms with van der Waals surface area (Å²) in [7, 11) is 1.58. The smallest absolute Gasteiger partial charge is 0.328 e. The lowest BCUT2D eigenvalue weighted by Crippen LogP contribution is -2.39. The zero-order chi connectivity index (χ0) is 20.4. The average Bonchev–Trinajstić information content (AvgIpc) is 2.71. The Balaban J connectivity index is 1.69. The zero-order valence-corrected chi connectivity index (χ0v) is 15.7. The van der Waals surface area contributed by atoms with Crippen LogP contribution in [0.1, 0.15) is 12.5 Å². The summed E-state index contributed by atoms with van der Waals surface area (Å²) in [5.41, 5.74) is 0.823. The third-order valence-electron chi connectivity index (χ3n) is 3.67. The van der Waals surface area contributed by atoms with E-state index in [4.69, 9.17) is 14.2 Å². The largest absolute Gasteiger partial charge is 0.497 e. The SMILES string of the molecule is COc1ccc(/C=C/C(=O)N[C@@H](C)C(=O)OCCOc2ccc(F)cc2)cc1. The second-order valence-corrected chi connectivity index (χ2v) is 5.81. The highest BCUT2D eigenvalue weighted by atomic mass is 19.1. The summed E-state index contributed by atoms with van der Waals surface area (Å²) < 4.78 is 28.2. The molecule has 7 heteroatoms. The van der Waals surface area contributed by atoms with Gasteiger partial charge < -0.3 is 19.5 Å². The van der Waals surface area contributed by atoms with E-state index >= 15 is 0 Å². The van der Waals surface area contributed by atoms with Crippen LogP contribution < -0.4 is 14.8 Å². The van der Waals surface area contributed by atoms with Crippen molar-refractivity contribution in [2.45, 2.75) is 13.0 Å². The number of halogens is 1. The van der Waals surface area contributed by atoms with Crippen LogP contribution in [0, 0.1) is 5.82 Å². The maximum absolute atomic E-state index is 12.8. The molecule has 2 aromatic rings. The van der Waals surface area contributed by atoms with Gasteiger partial charge in [-0.05, 0) is 55.0 Å². The van der Waals surface area contributed by atoms with Gasteiger partial charge in [-0.3, -0.25) is 4.79 Å². The van der Waals surface area contributed by atoms with Crippen molar-refractivity contribution in [2.75, 3.05) is 20.3 Å². The lowest BCUT2D eigenvalue weighted by atomic mass is 10.2. The number of ether oxygens (including phenoxy) is 3. The number of esters is 1. The van der Waals surface area contributed by atoms with Crippen molar-refractivity contribution < 1.29 is 28.2 Å². The van der Waals surface area contributed by atoms with E-state index < -0.39 is 17.9 Å². The monoisotopic (exact) mass is 387 g/mol. The van der Waals surface area contributed by atoms with Crippen LogP contribution in [0.5, 0.6) is 11.5 Å². The summed E-state index contributed by atoms with van der Waals surface area (Å²) in [6.07, 6.45) is 2.96. The molecule has 0 saturated carbocycles. The molecule has 6 nitrogen and oxygen atoms in total. The van der Waals surface area contributed by atoms with E-state index in [-0.39, 0.29) is 19.0 Å². The summed E-state index contributed by atoms with van der Waals surface area (Å²) in [6, 6.07) is 11.9. The van der Waals surface area contributed by atoms with Crippen molar-refractivity contribution in [3.05, 3.63) is 66.0 Å². The molecule has 0 radical (unpaired) electrons. The van der Waals surface area contributed by atoms with Crippen LogP contribution in [0.4, 0.5) is 4.39 Å². The van der Waals surface area contributed by atoms with Gasteiger partial charge in [-0.15, -0.1) is 0 Å². The molecule has 2 rings (SSSR count). The molecule has 0 aromatic heterocycles. The van der Waals surface area contributed by atoms with Crippen LogP contribution in [-0.4, -0.2) is 38.2 Å². The molecular weight excluding hydrogens is 365 g/mol. The van der Waals surface area contributed by atoms with E-state index in [2.05, 4.69) is 5.32 Å². The van der Waals surface area contributed by atoms with Gasteiger partial charge in [0.15, 0.2) is 0 Å². The maximum atomic E-state index is 12.8. The molecule has 0 fully saturated rings. The van der Waals surface area contributed by atoms with Gasteiger partial charge in [0, 0.05) is 6.08 Å². The average molecular weight is 387 g/mol. The van der Waals surface area contributed by atoms with Crippen LogP contribution in [0.25, 0.3) is 6.08 Å². The molecule has 0 aliphatic heterocycles. The standard InChI is InChI=1S/C21H22FNO5/c1-15(21(25)28-14-13-27-19-10-6-17(22)7-11-19)23-20(24)12-5-16-3-8-18(26-2)9-4-16/h3-12,15H,13-14H2,1-2H3,(H,23,24)/b12-5+/t15-/m0/s1. The summed E-state index contributed by atoms with van der Waals surface area (Å²) in [6.45, 7) is 1.66. The summed E-state index contributed by atoms with van der Waals surface area (Å²) in [5, 5.41) is 2.53. The van der Waals surface area contributed by atoms with Crippen LogP contribution in [0.3, 0.4) is 0 Å².